The van der Waals surface area contributed by atoms with Crippen LogP contribution in [-0.2, 0) is 6.42 Å². The number of amides is 1. The minimum absolute atomic E-state index is 0.105. The summed E-state index contributed by atoms with van der Waals surface area (Å²) in [4.78, 5) is 36.7. The summed E-state index contributed by atoms with van der Waals surface area (Å²) in [6, 6.07) is 5.54. The van der Waals surface area contributed by atoms with Crippen LogP contribution in [0.2, 0.25) is 0 Å². The molecule has 0 spiro atoms. The number of aromatic nitrogens is 4. The van der Waals surface area contributed by atoms with Gasteiger partial charge in [-0.15, -0.1) is 0 Å². The molecule has 0 aromatic carbocycles. The number of rotatable bonds is 8. The van der Waals surface area contributed by atoms with Crippen LogP contribution in [0.4, 0.5) is 11.5 Å². The number of carbonyl (C=O) groups excluding carboxylic acids is 2. The predicted octanol–water partition coefficient (Wildman–Crippen LogP) is 2.61. The Hall–Kier alpha value is -3.79. The van der Waals surface area contributed by atoms with E-state index < -0.39 is 0 Å². The quantitative estimate of drug-likeness (QED) is 0.425. The third kappa shape index (κ3) is 5.65. The van der Waals surface area contributed by atoms with E-state index in [4.69, 9.17) is 4.74 Å². The lowest BCUT2D eigenvalue weighted by Crippen LogP contribution is -2.34. The lowest BCUT2D eigenvalue weighted by molar-refractivity contribution is 0.0989. The van der Waals surface area contributed by atoms with Crippen molar-refractivity contribution in [2.45, 2.75) is 38.2 Å². The summed E-state index contributed by atoms with van der Waals surface area (Å²) in [5.74, 6) is 0.892. The SMILES string of the molecule is O=C(Nc1c[nH]nc1C(=O)Cc1ccc(N2CCCC2)nc1)c1cncc(OC2CCNCC2)c1. The van der Waals surface area contributed by atoms with Crippen molar-refractivity contribution in [1.82, 2.24) is 25.5 Å². The number of nitrogens with zero attached hydrogens (tertiary/aromatic N) is 4. The number of carbonyl (C=O) groups is 2. The van der Waals surface area contributed by atoms with Crippen molar-refractivity contribution in [3.05, 3.63) is 59.8 Å². The van der Waals surface area contributed by atoms with Gasteiger partial charge in [0.05, 0.1) is 17.4 Å². The summed E-state index contributed by atoms with van der Waals surface area (Å²) in [7, 11) is 0. The Labute approximate surface area is 203 Å². The van der Waals surface area contributed by atoms with Crippen molar-refractivity contribution in [2.75, 3.05) is 36.4 Å². The van der Waals surface area contributed by atoms with Gasteiger partial charge in [-0.3, -0.25) is 19.7 Å². The van der Waals surface area contributed by atoms with Crippen LogP contribution in [0.5, 0.6) is 5.75 Å². The molecule has 5 rings (SSSR count). The van der Waals surface area contributed by atoms with Gasteiger partial charge in [-0.25, -0.2) is 4.98 Å². The zero-order valence-corrected chi connectivity index (χ0v) is 19.5. The second kappa shape index (κ2) is 10.6. The maximum atomic E-state index is 12.9. The van der Waals surface area contributed by atoms with Crippen LogP contribution in [-0.4, -0.2) is 64.1 Å². The summed E-state index contributed by atoms with van der Waals surface area (Å²) >= 11 is 0. The van der Waals surface area contributed by atoms with Crippen LogP contribution >= 0.6 is 0 Å². The van der Waals surface area contributed by atoms with Gasteiger partial charge in [0, 0.05) is 38.1 Å². The molecule has 3 aromatic rings. The van der Waals surface area contributed by atoms with Crippen molar-refractivity contribution in [3.63, 3.8) is 0 Å². The van der Waals surface area contributed by atoms with E-state index in [2.05, 4.69) is 35.7 Å². The van der Waals surface area contributed by atoms with Crippen LogP contribution in [0.25, 0.3) is 0 Å². The van der Waals surface area contributed by atoms with Gasteiger partial charge < -0.3 is 20.3 Å². The molecule has 35 heavy (non-hydrogen) atoms. The number of pyridine rings is 2. The first-order valence-electron chi connectivity index (χ1n) is 12.1. The first kappa shape index (κ1) is 23.0. The predicted molar refractivity (Wildman–Crippen MR) is 131 cm³/mol. The normalized spacial score (nSPS) is 16.3. The second-order valence-corrected chi connectivity index (χ2v) is 8.90. The Morgan fingerprint density at radius 3 is 2.71 bits per heavy atom. The maximum absolute atomic E-state index is 12.9. The summed E-state index contributed by atoms with van der Waals surface area (Å²) < 4.78 is 5.99. The number of H-pyrrole nitrogens is 1. The van der Waals surface area contributed by atoms with Crippen LogP contribution in [0, 0.1) is 0 Å². The molecule has 2 aliphatic heterocycles. The van der Waals surface area contributed by atoms with Gasteiger partial charge in [0.1, 0.15) is 17.7 Å². The molecule has 2 fully saturated rings. The first-order chi connectivity index (χ1) is 17.2. The molecule has 3 N–H and O–H groups in total. The first-order valence-corrected chi connectivity index (χ1v) is 12.1. The maximum Gasteiger partial charge on any atom is 0.257 e. The highest BCUT2D eigenvalue weighted by Crippen LogP contribution is 2.21. The molecule has 3 aromatic heterocycles. The van der Waals surface area contributed by atoms with Crippen molar-refractivity contribution in [3.8, 4) is 5.75 Å². The van der Waals surface area contributed by atoms with E-state index in [0.717, 1.165) is 50.4 Å². The Bertz CT molecular complexity index is 1170. The molecule has 182 valence electrons. The second-order valence-electron chi connectivity index (χ2n) is 8.90. The standard InChI is InChI=1S/C25H29N7O3/c33-22(11-17-3-4-23(28-13-17)32-9-1-2-10-32)24-21(16-29-31-24)30-25(34)18-12-20(15-27-14-18)35-19-5-7-26-8-6-19/h3-4,12-16,19,26H,1-2,5-11H2,(H,29,31)(H,30,34). The van der Waals surface area contributed by atoms with Gasteiger partial charge in [0.2, 0.25) is 0 Å². The molecule has 0 saturated carbocycles. The van der Waals surface area contributed by atoms with Gasteiger partial charge in [0.15, 0.2) is 11.5 Å². The smallest absolute Gasteiger partial charge is 0.257 e. The fourth-order valence-corrected chi connectivity index (χ4v) is 4.43. The van der Waals surface area contributed by atoms with Crippen LogP contribution in [0.3, 0.4) is 0 Å². The van der Waals surface area contributed by atoms with Crippen LogP contribution in [0.15, 0.2) is 43.0 Å². The third-order valence-electron chi connectivity index (χ3n) is 6.32. The Kier molecular flexibility index (Phi) is 6.99. The average molecular weight is 476 g/mol. The van der Waals surface area contributed by atoms with E-state index in [1.54, 1.807) is 18.5 Å². The van der Waals surface area contributed by atoms with E-state index in [0.29, 0.717) is 17.0 Å². The van der Waals surface area contributed by atoms with E-state index in [1.165, 1.54) is 25.2 Å². The largest absolute Gasteiger partial charge is 0.489 e. The number of ether oxygens (including phenoxy) is 1. The highest BCUT2D eigenvalue weighted by Gasteiger charge is 2.20. The summed E-state index contributed by atoms with van der Waals surface area (Å²) in [5, 5.41) is 12.8. The molecule has 5 heterocycles. The number of nitrogens with one attached hydrogen (secondary N) is 3. The summed E-state index contributed by atoms with van der Waals surface area (Å²) in [6.45, 7) is 3.86. The van der Waals surface area contributed by atoms with E-state index in [-0.39, 0.29) is 29.9 Å². The number of hydrogen-bond donors (Lipinski definition) is 3. The molecule has 1 amide bonds. The number of ketones is 1. The molecule has 2 aliphatic rings. The zero-order chi connectivity index (χ0) is 24.0. The van der Waals surface area contributed by atoms with E-state index in [1.807, 2.05) is 12.1 Å². The summed E-state index contributed by atoms with van der Waals surface area (Å²) in [5.41, 5.74) is 1.64. The molecule has 2 saturated heterocycles. The van der Waals surface area contributed by atoms with Gasteiger partial charge in [-0.05, 0) is 56.5 Å². The van der Waals surface area contributed by atoms with Gasteiger partial charge in [-0.2, -0.15) is 5.10 Å². The molecule has 0 bridgehead atoms. The number of hydrogen-bond acceptors (Lipinski definition) is 8. The Morgan fingerprint density at radius 1 is 1.11 bits per heavy atom. The monoisotopic (exact) mass is 475 g/mol. The lowest BCUT2D eigenvalue weighted by atomic mass is 10.1. The number of anilines is 2. The highest BCUT2D eigenvalue weighted by atomic mass is 16.5. The van der Waals surface area contributed by atoms with Crippen molar-refractivity contribution in [2.24, 2.45) is 0 Å². The van der Waals surface area contributed by atoms with Crippen molar-refractivity contribution < 1.29 is 14.3 Å². The van der Waals surface area contributed by atoms with E-state index in [9.17, 15) is 9.59 Å². The van der Waals surface area contributed by atoms with Crippen molar-refractivity contribution >= 4 is 23.2 Å². The molecule has 10 nitrogen and oxygen atoms in total. The molecule has 10 heteroatoms. The molecule has 0 unspecified atom stereocenters. The van der Waals surface area contributed by atoms with Gasteiger partial charge in [-0.1, -0.05) is 6.07 Å². The van der Waals surface area contributed by atoms with E-state index >= 15 is 0 Å². The fourth-order valence-electron chi connectivity index (χ4n) is 4.43. The molecule has 0 aliphatic carbocycles. The fraction of sp³-hybridized carbons (Fsp3) is 0.400. The summed E-state index contributed by atoms with van der Waals surface area (Å²) in [6.07, 6.45) is 10.7. The highest BCUT2D eigenvalue weighted by molar-refractivity contribution is 6.09. The molecule has 0 radical (unpaired) electrons. The van der Waals surface area contributed by atoms with Crippen molar-refractivity contribution in [1.29, 1.82) is 0 Å². The lowest BCUT2D eigenvalue weighted by Gasteiger charge is -2.23. The average Bonchev–Trinajstić information content (AvgIpc) is 3.58. The Morgan fingerprint density at radius 2 is 1.94 bits per heavy atom. The van der Waals surface area contributed by atoms with Gasteiger partial charge in [0.25, 0.3) is 5.91 Å². The van der Waals surface area contributed by atoms with Gasteiger partial charge >= 0.3 is 0 Å². The minimum Gasteiger partial charge on any atom is -0.489 e. The molecular formula is C25H29N7O3. The molecular weight excluding hydrogens is 446 g/mol. The topological polar surface area (TPSA) is 125 Å². The Balaban J connectivity index is 1.21. The van der Waals surface area contributed by atoms with Crippen LogP contribution < -0.4 is 20.3 Å². The van der Waals surface area contributed by atoms with Crippen LogP contribution in [0.1, 0.15) is 52.1 Å². The third-order valence-corrected chi connectivity index (χ3v) is 6.32. The number of Topliss-reactive ketones (excluding diaryl/α,β-unsaturated/α-hetero) is 1. The minimum atomic E-state index is -0.389. The number of piperidine rings is 1. The zero-order valence-electron chi connectivity index (χ0n) is 19.5. The number of aromatic amines is 1. The molecule has 0 atom stereocenters.